The summed E-state index contributed by atoms with van der Waals surface area (Å²) in [6, 6.07) is 28.3. The van der Waals surface area contributed by atoms with Gasteiger partial charge < -0.3 is 33.3 Å². The van der Waals surface area contributed by atoms with Crippen molar-refractivity contribution in [1.29, 1.82) is 0 Å². The van der Waals surface area contributed by atoms with E-state index in [9.17, 15) is 14.8 Å². The number of esters is 2. The van der Waals surface area contributed by atoms with Crippen LogP contribution in [0, 0.1) is 5.21 Å². The summed E-state index contributed by atoms with van der Waals surface area (Å²) in [6.07, 6.45) is -4.47. The zero-order valence-electron chi connectivity index (χ0n) is 23.8. The Kier molecular flexibility index (Phi) is 9.68. The largest absolute Gasteiger partial charge is 0.467 e. The van der Waals surface area contributed by atoms with Crippen molar-refractivity contribution >= 4 is 17.7 Å². The van der Waals surface area contributed by atoms with Gasteiger partial charge in [-0.2, -0.15) is 0 Å². The summed E-state index contributed by atoms with van der Waals surface area (Å²) in [6.45, 7) is 0.473. The second-order valence-corrected chi connectivity index (χ2v) is 10.0. The van der Waals surface area contributed by atoms with Gasteiger partial charge in [-0.25, -0.2) is 9.59 Å². The Morgan fingerprint density at radius 3 is 1.77 bits per heavy atom. The maximum Gasteiger partial charge on any atom is 0.343 e. The van der Waals surface area contributed by atoms with Crippen LogP contribution in [0.15, 0.2) is 91.0 Å². The number of hydrogen-bond acceptors (Lipinski definition) is 10. The van der Waals surface area contributed by atoms with Gasteiger partial charge in [-0.1, -0.05) is 91.0 Å². The highest BCUT2D eigenvalue weighted by Crippen LogP contribution is 2.38. The molecule has 11 nitrogen and oxygen atoms in total. The second-order valence-electron chi connectivity index (χ2n) is 10.0. The van der Waals surface area contributed by atoms with Gasteiger partial charge in [0.1, 0.15) is 12.2 Å². The molecule has 3 aromatic carbocycles. The van der Waals surface area contributed by atoms with Gasteiger partial charge in [0.15, 0.2) is 12.2 Å². The van der Waals surface area contributed by atoms with Crippen molar-refractivity contribution in [2.45, 2.75) is 49.8 Å². The van der Waals surface area contributed by atoms with E-state index in [0.29, 0.717) is 0 Å². The van der Waals surface area contributed by atoms with Crippen LogP contribution < -0.4 is 0 Å². The minimum absolute atomic E-state index is 0.0272. The molecule has 0 radical (unpaired) electrons. The molecule has 0 aromatic heterocycles. The molecule has 2 aliphatic heterocycles. The molecular weight excluding hydrogens is 558 g/mol. The third-order valence-electron chi connectivity index (χ3n) is 7.27. The fourth-order valence-electron chi connectivity index (χ4n) is 5.15. The smallest absolute Gasteiger partial charge is 0.343 e. The molecule has 2 heterocycles. The lowest BCUT2D eigenvalue weighted by Crippen LogP contribution is -2.66. The third-order valence-corrected chi connectivity index (χ3v) is 7.27. The van der Waals surface area contributed by atoms with Crippen LogP contribution in [0.2, 0.25) is 0 Å². The Balaban J connectivity index is 1.51. The summed E-state index contributed by atoms with van der Waals surface area (Å²) < 4.78 is 34.9. The van der Waals surface area contributed by atoms with Crippen LogP contribution >= 0.6 is 0 Å². The minimum atomic E-state index is -2.56. The first-order chi connectivity index (χ1) is 21.0. The first kappa shape index (κ1) is 30.2. The predicted molar refractivity (Wildman–Crippen MR) is 151 cm³/mol. The highest BCUT2D eigenvalue weighted by Gasteiger charge is 2.70. The zero-order valence-corrected chi connectivity index (χ0v) is 23.8. The molecule has 0 aliphatic carbocycles. The van der Waals surface area contributed by atoms with E-state index in [1.807, 2.05) is 91.0 Å². The molecule has 0 spiro atoms. The predicted octanol–water partition coefficient (Wildman–Crippen LogP) is 3.12. The SMILES string of the molecule is COC(=O)C1(C(=O)OC)O[N+]([O-])=C2[C@@H](OCc3ccccc3)[C@H](OCc3ccccc3)[C@@H](COCc3ccccc3)O[C@H]21. The van der Waals surface area contributed by atoms with E-state index in [2.05, 4.69) is 0 Å². The highest BCUT2D eigenvalue weighted by atomic mass is 16.9. The lowest BCUT2D eigenvalue weighted by molar-refractivity contribution is -0.745. The van der Waals surface area contributed by atoms with E-state index >= 15 is 0 Å². The molecule has 1 fully saturated rings. The van der Waals surface area contributed by atoms with Gasteiger partial charge in [0.25, 0.3) is 5.71 Å². The molecular formula is C32H33NO10. The van der Waals surface area contributed by atoms with Crippen LogP contribution in [-0.4, -0.2) is 73.4 Å². The van der Waals surface area contributed by atoms with Gasteiger partial charge in [-0.3, -0.25) is 5.21 Å². The third kappa shape index (κ3) is 6.40. The lowest BCUT2D eigenvalue weighted by Gasteiger charge is -2.40. The molecule has 0 saturated carbocycles. The van der Waals surface area contributed by atoms with Gasteiger partial charge in [0.05, 0.1) is 40.6 Å². The molecule has 0 bridgehead atoms. The van der Waals surface area contributed by atoms with E-state index < -0.39 is 42.0 Å². The van der Waals surface area contributed by atoms with E-state index in [1.165, 1.54) is 0 Å². The molecule has 43 heavy (non-hydrogen) atoms. The van der Waals surface area contributed by atoms with Crippen molar-refractivity contribution in [2.24, 2.45) is 0 Å². The van der Waals surface area contributed by atoms with Crippen molar-refractivity contribution in [2.75, 3.05) is 20.8 Å². The van der Waals surface area contributed by atoms with E-state index in [-0.39, 0.29) is 37.0 Å². The molecule has 0 amide bonds. The van der Waals surface area contributed by atoms with Crippen LogP contribution in [0.1, 0.15) is 16.7 Å². The van der Waals surface area contributed by atoms with E-state index in [0.717, 1.165) is 30.9 Å². The number of hydrogen-bond donors (Lipinski definition) is 0. The van der Waals surface area contributed by atoms with E-state index in [1.54, 1.807) is 0 Å². The van der Waals surface area contributed by atoms with Gasteiger partial charge in [-0.15, -0.1) is 0 Å². The Morgan fingerprint density at radius 2 is 1.26 bits per heavy atom. The van der Waals surface area contributed by atoms with Crippen molar-refractivity contribution < 1.29 is 47.7 Å². The number of rotatable bonds is 12. The van der Waals surface area contributed by atoms with Crippen molar-refractivity contribution in [3.05, 3.63) is 113 Å². The summed E-state index contributed by atoms with van der Waals surface area (Å²) in [5, 5.41) is 13.4. The average molecular weight is 592 g/mol. The topological polar surface area (TPSA) is 125 Å². The number of benzene rings is 3. The molecule has 2 aliphatic rings. The first-order valence-corrected chi connectivity index (χ1v) is 13.8. The zero-order chi connectivity index (χ0) is 30.2. The normalized spacial score (nSPS) is 22.4. The molecule has 4 atom stereocenters. The Bertz CT molecular complexity index is 1380. The summed E-state index contributed by atoms with van der Waals surface area (Å²) in [5.41, 5.74) is -0.0904. The molecule has 11 heteroatoms. The summed E-state index contributed by atoms with van der Waals surface area (Å²) in [7, 11) is 2.14. The monoisotopic (exact) mass is 591 g/mol. The number of fused-ring (bicyclic) bond motifs is 1. The van der Waals surface area contributed by atoms with E-state index in [4.69, 9.17) is 33.3 Å². The highest BCUT2D eigenvalue weighted by molar-refractivity contribution is 6.11. The Morgan fingerprint density at radius 1 is 0.767 bits per heavy atom. The Labute approximate surface area is 249 Å². The molecule has 226 valence electrons. The summed E-state index contributed by atoms with van der Waals surface area (Å²) in [5.74, 6) is -2.32. The quantitative estimate of drug-likeness (QED) is 0.176. The minimum Gasteiger partial charge on any atom is -0.467 e. The lowest BCUT2D eigenvalue weighted by atomic mass is 9.85. The summed E-state index contributed by atoms with van der Waals surface area (Å²) in [4.78, 5) is 31.7. The van der Waals surface area contributed by atoms with Crippen LogP contribution in [-0.2, 0) is 62.7 Å². The molecule has 0 N–H and O–H groups in total. The Hall–Kier alpha value is -4.29. The maximum atomic E-state index is 13.4. The van der Waals surface area contributed by atoms with Crippen LogP contribution in [0.3, 0.4) is 0 Å². The maximum absolute atomic E-state index is 13.4. The van der Waals surface area contributed by atoms with Crippen LogP contribution in [0.25, 0.3) is 0 Å². The van der Waals surface area contributed by atoms with Gasteiger partial charge >= 0.3 is 17.5 Å². The van der Waals surface area contributed by atoms with Crippen molar-refractivity contribution in [3.8, 4) is 0 Å². The van der Waals surface area contributed by atoms with Crippen molar-refractivity contribution in [3.63, 3.8) is 0 Å². The number of nitrogens with zero attached hydrogens (tertiary/aromatic N) is 1. The van der Waals surface area contributed by atoms with Crippen LogP contribution in [0.4, 0.5) is 0 Å². The first-order valence-electron chi connectivity index (χ1n) is 13.8. The number of carbonyl (C=O) groups is 2. The van der Waals surface area contributed by atoms with Crippen molar-refractivity contribution in [1.82, 2.24) is 0 Å². The fraction of sp³-hybridized carbons (Fsp3) is 0.344. The number of methoxy groups -OCH3 is 2. The van der Waals surface area contributed by atoms with Gasteiger partial charge in [0, 0.05) is 4.90 Å². The molecule has 5 rings (SSSR count). The van der Waals surface area contributed by atoms with Gasteiger partial charge in [0.2, 0.25) is 0 Å². The fourth-order valence-corrected chi connectivity index (χ4v) is 5.15. The average Bonchev–Trinajstić information content (AvgIpc) is 3.36. The molecule has 1 saturated heterocycles. The standard InChI is InChI=1S/C32H33NO10/c1-37-30(34)32(31(35)38-2)29-26(33(36)43-32)28(41-20-24-16-10-5-11-17-24)27(40-19-23-14-8-4-9-15-23)25(42-29)21-39-18-22-12-6-3-7-13-22/h3-17,25,27-29H,18-21H2,1-2H3/t25-,27-,28-,29-/m1/s1. The van der Waals surface area contributed by atoms with Crippen LogP contribution in [0.5, 0.6) is 0 Å². The number of ether oxygens (including phenoxy) is 6. The molecule has 3 aromatic rings. The van der Waals surface area contributed by atoms with Gasteiger partial charge in [-0.05, 0) is 16.7 Å². The summed E-state index contributed by atoms with van der Waals surface area (Å²) >= 11 is 0. The second kappa shape index (κ2) is 13.8. The number of carbonyl (C=O) groups excluding carboxylic acids is 2. The molecule has 0 unspecified atom stereocenters.